The molecule has 1 N–H and O–H groups in total. The molecule has 4 unspecified atom stereocenters. The van der Waals surface area contributed by atoms with E-state index in [1.165, 1.54) is 25.7 Å². The van der Waals surface area contributed by atoms with Gasteiger partial charge in [-0.3, -0.25) is 5.01 Å². The van der Waals surface area contributed by atoms with Crippen LogP contribution in [-0.4, -0.2) is 57.8 Å². The number of hydrogen-bond acceptors (Lipinski definition) is 3. The lowest BCUT2D eigenvalue weighted by molar-refractivity contribution is -0.0809. The van der Waals surface area contributed by atoms with Crippen molar-refractivity contribution in [1.29, 1.82) is 0 Å². The Morgan fingerprint density at radius 2 is 1.42 bits per heavy atom. The Morgan fingerprint density at radius 1 is 0.806 bits per heavy atom. The van der Waals surface area contributed by atoms with E-state index >= 15 is 0 Å². The lowest BCUT2D eigenvalue weighted by Gasteiger charge is -2.47. The molecular formula is C26H33N3O2. The molecule has 0 radical (unpaired) electrons. The summed E-state index contributed by atoms with van der Waals surface area (Å²) >= 11 is 0. The molecule has 2 aliphatic heterocycles. The molecular weight excluding hydrogens is 386 g/mol. The number of rotatable bonds is 4. The molecule has 2 aromatic carbocycles. The Labute approximate surface area is 185 Å². The third-order valence-corrected chi connectivity index (χ3v) is 7.45. The molecule has 3 fully saturated rings. The zero-order valence-electron chi connectivity index (χ0n) is 18.1. The lowest BCUT2D eigenvalue weighted by Crippen LogP contribution is -2.58. The average molecular weight is 420 g/mol. The van der Waals surface area contributed by atoms with Crippen LogP contribution in [0.25, 0.3) is 0 Å². The third kappa shape index (κ3) is 4.35. The summed E-state index contributed by atoms with van der Waals surface area (Å²) in [6, 6.07) is 20.2. The van der Waals surface area contributed by atoms with Gasteiger partial charge in [-0.2, -0.15) is 0 Å². The number of aliphatic hydroxyl groups excluding tert-OH is 1. The second-order valence-corrected chi connectivity index (χ2v) is 9.48. The van der Waals surface area contributed by atoms with Gasteiger partial charge in [0.1, 0.15) is 0 Å². The van der Waals surface area contributed by atoms with Gasteiger partial charge in [0.05, 0.1) is 12.1 Å². The van der Waals surface area contributed by atoms with Crippen molar-refractivity contribution < 1.29 is 9.90 Å². The molecule has 2 aromatic rings. The van der Waals surface area contributed by atoms with Gasteiger partial charge in [0.15, 0.2) is 0 Å². The molecule has 3 aliphatic rings. The van der Waals surface area contributed by atoms with E-state index in [4.69, 9.17) is 0 Å². The summed E-state index contributed by atoms with van der Waals surface area (Å²) in [5.74, 6) is 1.24. The molecule has 5 heteroatoms. The highest BCUT2D eigenvalue weighted by molar-refractivity contribution is 5.75. The normalized spacial score (nSPS) is 29.3. The maximum absolute atomic E-state index is 13.9. The van der Waals surface area contributed by atoms with E-state index in [1.54, 1.807) is 0 Å². The number of urea groups is 1. The van der Waals surface area contributed by atoms with Crippen molar-refractivity contribution in [3.8, 4) is 0 Å². The highest BCUT2D eigenvalue weighted by atomic mass is 16.3. The second-order valence-electron chi connectivity index (χ2n) is 9.48. The van der Waals surface area contributed by atoms with Gasteiger partial charge in [-0.25, -0.2) is 9.80 Å². The van der Waals surface area contributed by atoms with Crippen LogP contribution in [0.3, 0.4) is 0 Å². The minimum Gasteiger partial charge on any atom is -0.390 e. The minimum atomic E-state index is -0.585. The smallest absolute Gasteiger partial charge is 0.335 e. The van der Waals surface area contributed by atoms with Gasteiger partial charge in [-0.1, -0.05) is 73.5 Å². The minimum absolute atomic E-state index is 0.0466. The Morgan fingerprint density at radius 3 is 2.10 bits per heavy atom. The summed E-state index contributed by atoms with van der Waals surface area (Å²) in [4.78, 5) is 15.8. The second kappa shape index (κ2) is 9.01. The molecule has 0 bridgehead atoms. The molecule has 2 amide bonds. The fraction of sp³-hybridized carbons (Fsp3) is 0.500. The molecule has 164 valence electrons. The summed E-state index contributed by atoms with van der Waals surface area (Å²) in [6.45, 7) is 2.73. The topological polar surface area (TPSA) is 47.0 Å². The van der Waals surface area contributed by atoms with Crippen molar-refractivity contribution in [2.75, 3.05) is 19.6 Å². The highest BCUT2D eigenvalue weighted by Crippen LogP contribution is 2.37. The lowest BCUT2D eigenvalue weighted by atomic mass is 9.78. The molecule has 1 saturated carbocycles. The zero-order chi connectivity index (χ0) is 21.2. The molecule has 31 heavy (non-hydrogen) atoms. The first-order valence-electron chi connectivity index (χ1n) is 11.8. The monoisotopic (exact) mass is 419 g/mol. The first-order chi connectivity index (χ1) is 15.2. The Kier molecular flexibility index (Phi) is 5.97. The maximum atomic E-state index is 13.9. The number of hydrogen-bond donors (Lipinski definition) is 1. The zero-order valence-corrected chi connectivity index (χ0v) is 18.1. The van der Waals surface area contributed by atoms with Crippen LogP contribution < -0.4 is 0 Å². The standard InChI is InChI=1S/C26H33N3O2/c30-25-19-27-17-22-13-7-8-14-23(22)18-29(27)26(31)28(16-21-11-5-2-6-12-21)24(25)15-20-9-3-1-4-10-20/h1-6,9-12,22-25,30H,7-8,13-19H2. The molecule has 5 rings (SSSR count). The SMILES string of the molecule is O=C1N(Cc2ccccc2)C(Cc2ccccc2)C(O)CN2CC3CCCCC3CN12. The molecule has 0 spiro atoms. The van der Waals surface area contributed by atoms with E-state index < -0.39 is 6.10 Å². The van der Waals surface area contributed by atoms with Crippen molar-refractivity contribution in [3.63, 3.8) is 0 Å². The van der Waals surface area contributed by atoms with Gasteiger partial charge in [-0.15, -0.1) is 0 Å². The predicted octanol–water partition coefficient (Wildman–Crippen LogP) is 3.93. The van der Waals surface area contributed by atoms with Crippen molar-refractivity contribution in [1.82, 2.24) is 14.9 Å². The van der Waals surface area contributed by atoms with Gasteiger partial charge >= 0.3 is 6.03 Å². The van der Waals surface area contributed by atoms with E-state index in [1.807, 2.05) is 46.3 Å². The Balaban J connectivity index is 1.46. The fourth-order valence-electron chi connectivity index (χ4n) is 5.75. The summed E-state index contributed by atoms with van der Waals surface area (Å²) in [7, 11) is 0. The van der Waals surface area contributed by atoms with Gasteiger partial charge < -0.3 is 10.0 Å². The van der Waals surface area contributed by atoms with Crippen molar-refractivity contribution in [2.45, 2.75) is 50.8 Å². The number of carbonyl (C=O) groups excluding carboxylic acids is 1. The Bertz CT molecular complexity index is 875. The average Bonchev–Trinajstić information content (AvgIpc) is 2.89. The summed E-state index contributed by atoms with van der Waals surface area (Å²) in [6.07, 6.45) is 5.11. The fourth-order valence-corrected chi connectivity index (χ4v) is 5.75. The number of amides is 2. The van der Waals surface area contributed by atoms with E-state index in [9.17, 15) is 9.90 Å². The number of fused-ring (bicyclic) bond motifs is 2. The van der Waals surface area contributed by atoms with Crippen LogP contribution in [0.2, 0.25) is 0 Å². The molecule has 2 saturated heterocycles. The molecule has 0 aromatic heterocycles. The first kappa shape index (κ1) is 20.5. The van der Waals surface area contributed by atoms with Gasteiger partial charge in [0, 0.05) is 26.2 Å². The van der Waals surface area contributed by atoms with Crippen LogP contribution in [0.1, 0.15) is 36.8 Å². The van der Waals surface area contributed by atoms with E-state index in [2.05, 4.69) is 29.3 Å². The molecule has 5 nitrogen and oxygen atoms in total. The van der Waals surface area contributed by atoms with Gasteiger partial charge in [-0.05, 0) is 42.2 Å². The predicted molar refractivity (Wildman–Crippen MR) is 121 cm³/mol. The Hall–Kier alpha value is -2.37. The van der Waals surface area contributed by atoms with Crippen molar-refractivity contribution in [3.05, 3.63) is 71.8 Å². The van der Waals surface area contributed by atoms with E-state index in [-0.39, 0.29) is 12.1 Å². The number of carbonyl (C=O) groups is 1. The van der Waals surface area contributed by atoms with E-state index in [0.717, 1.165) is 24.2 Å². The van der Waals surface area contributed by atoms with Gasteiger partial charge in [0.2, 0.25) is 0 Å². The van der Waals surface area contributed by atoms with Crippen LogP contribution in [0.5, 0.6) is 0 Å². The van der Waals surface area contributed by atoms with Gasteiger partial charge in [0.25, 0.3) is 0 Å². The summed E-state index contributed by atoms with van der Waals surface area (Å²) in [5, 5.41) is 15.5. The summed E-state index contributed by atoms with van der Waals surface area (Å²) in [5.41, 5.74) is 2.25. The molecule has 2 heterocycles. The number of aliphatic hydroxyl groups is 1. The quantitative estimate of drug-likeness (QED) is 0.817. The number of nitrogens with zero attached hydrogens (tertiary/aromatic N) is 3. The highest BCUT2D eigenvalue weighted by Gasteiger charge is 2.45. The van der Waals surface area contributed by atoms with Crippen molar-refractivity contribution in [2.24, 2.45) is 11.8 Å². The van der Waals surface area contributed by atoms with Crippen LogP contribution in [0.4, 0.5) is 4.79 Å². The molecule has 1 aliphatic carbocycles. The number of hydrazine groups is 1. The number of benzene rings is 2. The van der Waals surface area contributed by atoms with Crippen LogP contribution in [0, 0.1) is 11.8 Å². The van der Waals surface area contributed by atoms with Crippen molar-refractivity contribution >= 4 is 6.03 Å². The van der Waals surface area contributed by atoms with Crippen LogP contribution in [-0.2, 0) is 13.0 Å². The van der Waals surface area contributed by atoms with Crippen LogP contribution >= 0.6 is 0 Å². The van der Waals surface area contributed by atoms with Crippen LogP contribution in [0.15, 0.2) is 60.7 Å². The molecule has 4 atom stereocenters. The van der Waals surface area contributed by atoms with E-state index in [0.29, 0.717) is 31.3 Å². The maximum Gasteiger partial charge on any atom is 0.335 e. The largest absolute Gasteiger partial charge is 0.390 e. The summed E-state index contributed by atoms with van der Waals surface area (Å²) < 4.78 is 0. The first-order valence-corrected chi connectivity index (χ1v) is 11.8. The third-order valence-electron chi connectivity index (χ3n) is 7.45.